The van der Waals surface area contributed by atoms with Crippen molar-refractivity contribution >= 4 is 11.9 Å². The number of carboxylic acid groups (broad SMARTS) is 1. The van der Waals surface area contributed by atoms with Gasteiger partial charge < -0.3 is 14.7 Å². The molecule has 6 heteroatoms. The van der Waals surface area contributed by atoms with E-state index in [-0.39, 0.29) is 30.3 Å². The molecule has 5 nitrogen and oxygen atoms in total. The molecule has 1 saturated heterocycles. The minimum atomic E-state index is -0.963. The lowest BCUT2D eigenvalue weighted by Crippen LogP contribution is -2.30. The van der Waals surface area contributed by atoms with Gasteiger partial charge in [0.2, 0.25) is 0 Å². The van der Waals surface area contributed by atoms with Crippen molar-refractivity contribution in [3.63, 3.8) is 0 Å². The van der Waals surface area contributed by atoms with Crippen molar-refractivity contribution < 1.29 is 23.8 Å². The zero-order valence-electron chi connectivity index (χ0n) is 13.7. The molecular weight excluding hydrogens is 325 g/mol. The summed E-state index contributed by atoms with van der Waals surface area (Å²) < 4.78 is 19.3. The topological polar surface area (TPSA) is 66.8 Å². The van der Waals surface area contributed by atoms with Crippen molar-refractivity contribution in [3.05, 3.63) is 65.5 Å². The van der Waals surface area contributed by atoms with E-state index in [1.165, 1.54) is 30.2 Å². The maximum absolute atomic E-state index is 14.4. The van der Waals surface area contributed by atoms with Gasteiger partial charge in [-0.1, -0.05) is 36.4 Å². The van der Waals surface area contributed by atoms with Crippen molar-refractivity contribution in [3.8, 4) is 5.75 Å². The average Bonchev–Trinajstić information content (AvgIpc) is 3.08. The van der Waals surface area contributed by atoms with E-state index >= 15 is 0 Å². The summed E-state index contributed by atoms with van der Waals surface area (Å²) in [4.78, 5) is 25.7. The smallest absolute Gasteiger partial charge is 0.308 e. The number of hydrogen-bond donors (Lipinski definition) is 1. The summed E-state index contributed by atoms with van der Waals surface area (Å²) >= 11 is 0. The van der Waals surface area contributed by atoms with Gasteiger partial charge in [0.25, 0.3) is 5.91 Å². The fourth-order valence-electron chi connectivity index (χ4n) is 3.26. The van der Waals surface area contributed by atoms with E-state index in [0.29, 0.717) is 0 Å². The number of likely N-dealkylation sites (tertiary alicyclic amines) is 1. The molecule has 2 aromatic carbocycles. The van der Waals surface area contributed by atoms with Crippen molar-refractivity contribution in [1.29, 1.82) is 0 Å². The van der Waals surface area contributed by atoms with Crippen molar-refractivity contribution in [2.45, 2.75) is 5.92 Å². The molecule has 0 spiro atoms. The summed E-state index contributed by atoms with van der Waals surface area (Å²) in [7, 11) is 1.33. The fraction of sp³-hybridized carbons (Fsp3) is 0.263. The molecule has 2 atom stereocenters. The molecule has 0 saturated carbocycles. The lowest BCUT2D eigenvalue weighted by atomic mass is 9.89. The van der Waals surface area contributed by atoms with Crippen LogP contribution in [0, 0.1) is 11.7 Å². The van der Waals surface area contributed by atoms with Crippen LogP contribution >= 0.6 is 0 Å². The highest BCUT2D eigenvalue weighted by atomic mass is 19.1. The number of rotatable bonds is 4. The van der Waals surface area contributed by atoms with Crippen molar-refractivity contribution in [2.24, 2.45) is 5.92 Å². The van der Waals surface area contributed by atoms with Crippen LogP contribution in [0.3, 0.4) is 0 Å². The first kappa shape index (κ1) is 17.0. The highest BCUT2D eigenvalue weighted by Crippen LogP contribution is 2.34. The third-order valence-corrected chi connectivity index (χ3v) is 4.57. The first-order valence-electron chi connectivity index (χ1n) is 7.92. The van der Waals surface area contributed by atoms with E-state index in [2.05, 4.69) is 0 Å². The number of halogens is 1. The molecule has 1 heterocycles. The molecule has 2 aromatic rings. The summed E-state index contributed by atoms with van der Waals surface area (Å²) in [5, 5.41) is 9.52. The Morgan fingerprint density at radius 2 is 1.84 bits per heavy atom. The molecule has 1 N–H and O–H groups in total. The normalized spacial score (nSPS) is 19.7. The number of carboxylic acids is 1. The quantitative estimate of drug-likeness (QED) is 0.927. The molecule has 2 unspecified atom stereocenters. The SMILES string of the molecule is COc1cccc(C(=O)N2CC(C(=O)O)C(c3ccccc3)C2)c1F. The van der Waals surface area contributed by atoms with Crippen LogP contribution in [0.15, 0.2) is 48.5 Å². The second-order valence-electron chi connectivity index (χ2n) is 5.99. The average molecular weight is 343 g/mol. The molecule has 1 amide bonds. The van der Waals surface area contributed by atoms with Crippen LogP contribution in [0.1, 0.15) is 21.8 Å². The molecule has 1 aliphatic heterocycles. The Balaban J connectivity index is 1.89. The van der Waals surface area contributed by atoms with Gasteiger partial charge in [-0.05, 0) is 17.7 Å². The lowest BCUT2D eigenvalue weighted by molar-refractivity contribution is -0.141. The molecule has 1 fully saturated rings. The zero-order chi connectivity index (χ0) is 18.0. The summed E-state index contributed by atoms with van der Waals surface area (Å²) in [6, 6.07) is 13.6. The van der Waals surface area contributed by atoms with E-state index in [1.807, 2.05) is 30.3 Å². The van der Waals surface area contributed by atoms with Crippen LogP contribution in [-0.2, 0) is 4.79 Å². The van der Waals surface area contributed by atoms with Gasteiger partial charge in [-0.2, -0.15) is 0 Å². The standard InChI is InChI=1S/C19H18FNO4/c1-25-16-9-5-8-13(17(16)20)18(22)21-10-14(15(11-21)19(23)24)12-6-3-2-4-7-12/h2-9,14-15H,10-11H2,1H3,(H,23,24). The third-order valence-electron chi connectivity index (χ3n) is 4.57. The number of benzene rings is 2. The Hall–Kier alpha value is -2.89. The number of carbonyl (C=O) groups excluding carboxylic acids is 1. The van der Waals surface area contributed by atoms with Crippen LogP contribution in [0.2, 0.25) is 0 Å². The van der Waals surface area contributed by atoms with Gasteiger partial charge in [-0.25, -0.2) is 4.39 Å². The number of ether oxygens (including phenoxy) is 1. The molecule has 0 aromatic heterocycles. The summed E-state index contributed by atoms with van der Waals surface area (Å²) in [5.74, 6) is -3.28. The summed E-state index contributed by atoms with van der Waals surface area (Å²) in [6.07, 6.45) is 0. The molecule has 0 aliphatic carbocycles. The fourth-order valence-corrected chi connectivity index (χ4v) is 3.26. The minimum absolute atomic E-state index is 0.0144. The molecule has 3 rings (SSSR count). The first-order valence-corrected chi connectivity index (χ1v) is 7.92. The van der Waals surface area contributed by atoms with Gasteiger partial charge in [0.1, 0.15) is 0 Å². The number of nitrogens with zero attached hydrogens (tertiary/aromatic N) is 1. The second kappa shape index (κ2) is 6.93. The summed E-state index contributed by atoms with van der Waals surface area (Å²) in [5.41, 5.74) is 0.744. The van der Waals surface area contributed by atoms with Gasteiger partial charge in [0, 0.05) is 19.0 Å². The molecule has 130 valence electrons. The minimum Gasteiger partial charge on any atom is -0.494 e. The zero-order valence-corrected chi connectivity index (χ0v) is 13.7. The van der Waals surface area contributed by atoms with Crippen LogP contribution in [0.4, 0.5) is 4.39 Å². The third kappa shape index (κ3) is 3.20. The van der Waals surface area contributed by atoms with Crippen LogP contribution < -0.4 is 4.74 Å². The first-order chi connectivity index (χ1) is 12.0. The summed E-state index contributed by atoms with van der Waals surface area (Å²) in [6.45, 7) is 0.279. The Kier molecular flexibility index (Phi) is 4.70. The van der Waals surface area contributed by atoms with Gasteiger partial charge in [0.05, 0.1) is 18.6 Å². The highest BCUT2D eigenvalue weighted by Gasteiger charge is 2.41. The largest absolute Gasteiger partial charge is 0.494 e. The van der Waals surface area contributed by atoms with Crippen molar-refractivity contribution in [1.82, 2.24) is 4.90 Å². The van der Waals surface area contributed by atoms with Crippen molar-refractivity contribution in [2.75, 3.05) is 20.2 Å². The monoisotopic (exact) mass is 343 g/mol. The Morgan fingerprint density at radius 3 is 2.48 bits per heavy atom. The number of aliphatic carboxylic acids is 1. The van der Waals surface area contributed by atoms with Crippen LogP contribution in [0.5, 0.6) is 5.75 Å². The van der Waals surface area contributed by atoms with Crippen LogP contribution in [0.25, 0.3) is 0 Å². The highest BCUT2D eigenvalue weighted by molar-refractivity contribution is 5.95. The predicted molar refractivity (Wildman–Crippen MR) is 89.2 cm³/mol. The second-order valence-corrected chi connectivity index (χ2v) is 5.99. The van der Waals surface area contributed by atoms with Gasteiger partial charge in [-0.15, -0.1) is 0 Å². The molecular formula is C19H18FNO4. The van der Waals surface area contributed by atoms with E-state index in [9.17, 15) is 19.1 Å². The number of methoxy groups -OCH3 is 1. The van der Waals surface area contributed by atoms with E-state index in [0.717, 1.165) is 5.56 Å². The number of amides is 1. The predicted octanol–water partition coefficient (Wildman–Crippen LogP) is 2.77. The Bertz CT molecular complexity index is 793. The Morgan fingerprint density at radius 1 is 1.12 bits per heavy atom. The number of carbonyl (C=O) groups is 2. The van der Waals surface area contributed by atoms with Crippen LogP contribution in [-0.4, -0.2) is 42.1 Å². The maximum atomic E-state index is 14.4. The molecule has 0 bridgehead atoms. The maximum Gasteiger partial charge on any atom is 0.308 e. The molecule has 25 heavy (non-hydrogen) atoms. The lowest BCUT2D eigenvalue weighted by Gasteiger charge is -2.17. The molecule has 0 radical (unpaired) electrons. The Labute approximate surface area is 144 Å². The van der Waals surface area contributed by atoms with Gasteiger partial charge >= 0.3 is 5.97 Å². The van der Waals surface area contributed by atoms with E-state index < -0.39 is 23.6 Å². The van der Waals surface area contributed by atoms with Gasteiger partial charge in [-0.3, -0.25) is 9.59 Å². The van der Waals surface area contributed by atoms with Gasteiger partial charge in [0.15, 0.2) is 11.6 Å². The molecule has 1 aliphatic rings. The number of hydrogen-bond acceptors (Lipinski definition) is 3. The van der Waals surface area contributed by atoms with E-state index in [1.54, 1.807) is 0 Å². The van der Waals surface area contributed by atoms with E-state index in [4.69, 9.17) is 4.74 Å².